The van der Waals surface area contributed by atoms with Crippen molar-refractivity contribution in [2.75, 3.05) is 34.7 Å². The van der Waals surface area contributed by atoms with Crippen LogP contribution in [0.4, 0.5) is 0 Å². The number of hydrogen-bond donors (Lipinski definition) is 0. The molecule has 1 saturated carbocycles. The lowest BCUT2D eigenvalue weighted by molar-refractivity contribution is -0.576. The summed E-state index contributed by atoms with van der Waals surface area (Å²) in [6.07, 6.45) is 0.344. The molecule has 2 aromatic rings. The molecule has 0 N–H and O–H groups in total. The molecule has 15 heteroatoms. The number of hydrogen-bond acceptors (Lipinski definition) is 15. The monoisotopic (exact) mass is 780 g/mol. The van der Waals surface area contributed by atoms with E-state index in [4.69, 9.17) is 57.1 Å². The van der Waals surface area contributed by atoms with Crippen molar-refractivity contribution in [2.24, 2.45) is 35.5 Å². The molecular weight excluding hydrogens is 732 g/mol. The standard InChI is InChI=1S/C41H48O15/c1-19-7-8-26-20(2)38(53-39-41(26)25(19)11-12-40(3,54-39)55-56-41)52-32(43)10-9-31(42)51-35-23-16-28-27(49-18-50-28)15-22(23)33(34-24(35)17-48-37(34)44)21-13-29(45-4)36(47-6)30(14-21)46-5/h13-16,19-20,24-26,33-35,38-39H,7-12,17-18H2,1-6H3/t19-,20-,24+,25+,26+,33-,34+,35+,38+,39-,40-,41-/m1/s1. The summed E-state index contributed by atoms with van der Waals surface area (Å²) < 4.78 is 58.9. The van der Waals surface area contributed by atoms with Crippen molar-refractivity contribution in [3.63, 3.8) is 0 Å². The van der Waals surface area contributed by atoms with Crippen LogP contribution in [0.15, 0.2) is 24.3 Å². The van der Waals surface area contributed by atoms with Crippen LogP contribution in [0.1, 0.15) is 88.0 Å². The maximum Gasteiger partial charge on any atom is 0.310 e. The number of cyclic esters (lactones) is 1. The first-order valence-electron chi connectivity index (χ1n) is 19.5. The SMILES string of the molecule is COc1cc([C@@H]2c3cc4c(cc3[C@H](OC(=O)CCC(=O)O[C@H]3O[C@@H]5O[C@@]6(C)CC[C@H]7[C@H](C)CC[C@@H]([C@H]3C)[C@@]57OO6)[C@H]3COC(=O)[C@H]23)OCO4)cc(OC)c1OC. The van der Waals surface area contributed by atoms with Crippen LogP contribution in [0.5, 0.6) is 28.7 Å². The average Bonchev–Trinajstić information content (AvgIpc) is 3.74. The second-order valence-electron chi connectivity index (χ2n) is 16.3. The van der Waals surface area contributed by atoms with Crippen molar-refractivity contribution in [1.29, 1.82) is 0 Å². The molecule has 10 rings (SSSR count). The Morgan fingerprint density at radius 1 is 0.821 bits per heavy atom. The topological polar surface area (TPSA) is 162 Å². The van der Waals surface area contributed by atoms with Gasteiger partial charge in [-0.25, -0.2) is 9.78 Å². The number of carbonyl (C=O) groups excluding carboxylic acids is 3. The Balaban J connectivity index is 0.938. The summed E-state index contributed by atoms with van der Waals surface area (Å²) in [5.41, 5.74) is 1.25. The number of fused-ring (bicyclic) bond motifs is 5. The van der Waals surface area contributed by atoms with Crippen molar-refractivity contribution in [3.05, 3.63) is 41.0 Å². The highest BCUT2D eigenvalue weighted by Gasteiger charge is 2.70. The molecule has 1 spiro atoms. The summed E-state index contributed by atoms with van der Waals surface area (Å²) in [5.74, 6) is -1.91. The van der Waals surface area contributed by atoms with Crippen molar-refractivity contribution in [1.82, 2.24) is 0 Å². The van der Waals surface area contributed by atoms with E-state index in [9.17, 15) is 14.4 Å². The fourth-order valence-corrected chi connectivity index (χ4v) is 10.5. The molecule has 2 aliphatic carbocycles. The van der Waals surface area contributed by atoms with Crippen LogP contribution in [0.3, 0.4) is 0 Å². The summed E-state index contributed by atoms with van der Waals surface area (Å²) in [7, 11) is 4.56. The molecule has 2 aromatic carbocycles. The van der Waals surface area contributed by atoms with E-state index in [1.807, 2.05) is 19.9 Å². The number of methoxy groups -OCH3 is 3. The number of ether oxygens (including phenoxy) is 10. The highest BCUT2D eigenvalue weighted by atomic mass is 17.3. The molecule has 0 amide bonds. The van der Waals surface area contributed by atoms with Gasteiger partial charge in [-0.05, 0) is 73.4 Å². The predicted octanol–water partition coefficient (Wildman–Crippen LogP) is 5.49. The van der Waals surface area contributed by atoms with Gasteiger partial charge in [-0.2, -0.15) is 0 Å². The summed E-state index contributed by atoms with van der Waals surface area (Å²) in [4.78, 5) is 52.7. The predicted molar refractivity (Wildman–Crippen MR) is 189 cm³/mol. The summed E-state index contributed by atoms with van der Waals surface area (Å²) in [6.45, 7) is 6.11. The molecule has 0 radical (unpaired) electrons. The third-order valence-corrected chi connectivity index (χ3v) is 13.3. The summed E-state index contributed by atoms with van der Waals surface area (Å²) in [6, 6.07) is 7.21. The molecular formula is C41H48O15. The summed E-state index contributed by atoms with van der Waals surface area (Å²) >= 11 is 0. The third-order valence-electron chi connectivity index (χ3n) is 13.3. The minimum Gasteiger partial charge on any atom is -0.493 e. The molecule has 2 bridgehead atoms. The molecule has 0 aromatic heterocycles. The van der Waals surface area contributed by atoms with Crippen LogP contribution < -0.4 is 23.7 Å². The zero-order chi connectivity index (χ0) is 39.1. The molecule has 5 saturated heterocycles. The zero-order valence-electron chi connectivity index (χ0n) is 32.4. The second kappa shape index (κ2) is 14.0. The number of carbonyl (C=O) groups is 3. The fraction of sp³-hybridized carbons (Fsp3) is 0.634. The van der Waals surface area contributed by atoms with E-state index in [2.05, 4.69) is 6.92 Å². The molecule has 302 valence electrons. The van der Waals surface area contributed by atoms with Crippen molar-refractivity contribution in [3.8, 4) is 28.7 Å². The quantitative estimate of drug-likeness (QED) is 0.178. The van der Waals surface area contributed by atoms with Gasteiger partial charge in [0.25, 0.3) is 0 Å². The van der Waals surface area contributed by atoms with Gasteiger partial charge in [0.2, 0.25) is 24.6 Å². The first kappa shape index (κ1) is 37.3. The van der Waals surface area contributed by atoms with E-state index in [1.165, 1.54) is 21.3 Å². The molecule has 15 nitrogen and oxygen atoms in total. The first-order chi connectivity index (χ1) is 27.0. The van der Waals surface area contributed by atoms with Gasteiger partial charge in [-0.3, -0.25) is 14.4 Å². The molecule has 6 fully saturated rings. The van der Waals surface area contributed by atoms with Crippen molar-refractivity contribution >= 4 is 17.9 Å². The Morgan fingerprint density at radius 3 is 2.21 bits per heavy atom. The fourth-order valence-electron chi connectivity index (χ4n) is 10.5. The number of rotatable bonds is 9. The summed E-state index contributed by atoms with van der Waals surface area (Å²) in [5, 5.41) is 0. The van der Waals surface area contributed by atoms with E-state index in [0.29, 0.717) is 57.8 Å². The van der Waals surface area contributed by atoms with E-state index in [0.717, 1.165) is 19.3 Å². The lowest BCUT2D eigenvalue weighted by Crippen LogP contribution is -2.70. The minimum absolute atomic E-state index is 0.0201. The Kier molecular flexibility index (Phi) is 9.29. The van der Waals surface area contributed by atoms with Crippen LogP contribution >= 0.6 is 0 Å². The average molecular weight is 781 g/mol. The second-order valence-corrected chi connectivity index (χ2v) is 16.3. The van der Waals surface area contributed by atoms with E-state index < -0.39 is 65.7 Å². The molecule has 56 heavy (non-hydrogen) atoms. The van der Waals surface area contributed by atoms with Gasteiger partial charge < -0.3 is 47.4 Å². The smallest absolute Gasteiger partial charge is 0.310 e. The molecule has 8 aliphatic rings. The molecule has 6 heterocycles. The Morgan fingerprint density at radius 2 is 1.52 bits per heavy atom. The van der Waals surface area contributed by atoms with Crippen LogP contribution in [0, 0.1) is 35.5 Å². The molecule has 12 atom stereocenters. The van der Waals surface area contributed by atoms with Crippen LogP contribution in [0.25, 0.3) is 0 Å². The van der Waals surface area contributed by atoms with Crippen LogP contribution in [-0.2, 0) is 47.8 Å². The Labute approximate surface area is 324 Å². The lowest BCUT2D eigenvalue weighted by atomic mass is 9.58. The number of benzene rings is 2. The lowest BCUT2D eigenvalue weighted by Gasteiger charge is -2.59. The maximum atomic E-state index is 13.7. The van der Waals surface area contributed by atoms with Gasteiger partial charge in [-0.15, -0.1) is 0 Å². The highest BCUT2D eigenvalue weighted by Crippen LogP contribution is 2.61. The molecule has 6 aliphatic heterocycles. The largest absolute Gasteiger partial charge is 0.493 e. The maximum absolute atomic E-state index is 13.7. The minimum atomic E-state index is -0.963. The Hall–Kier alpha value is -4.31. The van der Waals surface area contributed by atoms with E-state index in [-0.39, 0.29) is 44.0 Å². The van der Waals surface area contributed by atoms with E-state index >= 15 is 0 Å². The van der Waals surface area contributed by atoms with Crippen LogP contribution in [-0.4, -0.2) is 76.6 Å². The highest BCUT2D eigenvalue weighted by molar-refractivity contribution is 5.80. The Bertz CT molecular complexity index is 1890. The van der Waals surface area contributed by atoms with E-state index in [1.54, 1.807) is 18.2 Å². The van der Waals surface area contributed by atoms with Gasteiger partial charge >= 0.3 is 17.9 Å². The first-order valence-corrected chi connectivity index (χ1v) is 19.5. The van der Waals surface area contributed by atoms with Crippen molar-refractivity contribution in [2.45, 2.75) is 95.3 Å². The third kappa shape index (κ3) is 5.79. The zero-order valence-corrected chi connectivity index (χ0v) is 32.4. The molecule has 0 unspecified atom stereocenters. The van der Waals surface area contributed by atoms with Crippen molar-refractivity contribution < 1.29 is 71.5 Å². The number of esters is 3. The van der Waals surface area contributed by atoms with Gasteiger partial charge in [0, 0.05) is 35.7 Å². The van der Waals surface area contributed by atoms with Crippen LogP contribution in [0.2, 0.25) is 0 Å². The normalized spacial score (nSPS) is 37.3. The van der Waals surface area contributed by atoms with Gasteiger partial charge in [0.05, 0.1) is 46.7 Å². The van der Waals surface area contributed by atoms with Gasteiger partial charge in [0.15, 0.2) is 34.9 Å². The van der Waals surface area contributed by atoms with Gasteiger partial charge in [0.1, 0.15) is 6.10 Å². The van der Waals surface area contributed by atoms with Gasteiger partial charge in [-0.1, -0.05) is 13.8 Å².